The van der Waals surface area contributed by atoms with Crippen molar-refractivity contribution in [2.45, 2.75) is 19.4 Å². The van der Waals surface area contributed by atoms with Crippen molar-refractivity contribution in [1.82, 2.24) is 9.97 Å². The highest BCUT2D eigenvalue weighted by molar-refractivity contribution is 7.25. The Hall–Kier alpha value is -2.90. The smallest absolute Gasteiger partial charge is 0.227 e. The number of halogens is 1. The van der Waals surface area contributed by atoms with Crippen LogP contribution in [0.1, 0.15) is 24.2 Å². The van der Waals surface area contributed by atoms with Crippen molar-refractivity contribution in [1.29, 1.82) is 0 Å². The topological polar surface area (TPSA) is 90.1 Å². The number of benzene rings is 2. The van der Waals surface area contributed by atoms with Crippen molar-refractivity contribution in [3.05, 3.63) is 58.9 Å². The zero-order valence-electron chi connectivity index (χ0n) is 15.9. The standard InChI is InChI=1S/C21H19ClN4O2S/c1-11(18(23)27)19-25-20(24-10-12-7-8-15(28-2)14(22)9-12)17-13-5-3-4-6-16(13)29-21(17)26-19/h3-9,11H,10H2,1-2H3,(H2,23,27)(H,24,25,26). The first kappa shape index (κ1) is 19.4. The van der Waals surface area contributed by atoms with Crippen LogP contribution in [0.2, 0.25) is 5.02 Å². The summed E-state index contributed by atoms with van der Waals surface area (Å²) in [6.45, 7) is 2.22. The Kier molecular flexibility index (Phi) is 5.25. The molecule has 0 aliphatic heterocycles. The molecule has 0 saturated heterocycles. The van der Waals surface area contributed by atoms with Crippen LogP contribution in [-0.2, 0) is 11.3 Å². The number of hydrogen-bond acceptors (Lipinski definition) is 6. The third-order valence-electron chi connectivity index (χ3n) is 4.75. The molecule has 1 atom stereocenters. The first-order valence-corrected chi connectivity index (χ1v) is 10.2. The van der Waals surface area contributed by atoms with Crippen LogP contribution in [0, 0.1) is 0 Å². The fourth-order valence-electron chi connectivity index (χ4n) is 3.09. The maximum absolute atomic E-state index is 11.7. The number of carbonyl (C=O) groups is 1. The Morgan fingerprint density at radius 3 is 2.79 bits per heavy atom. The third-order valence-corrected chi connectivity index (χ3v) is 6.11. The van der Waals surface area contributed by atoms with Gasteiger partial charge in [0.15, 0.2) is 0 Å². The molecule has 0 radical (unpaired) electrons. The Balaban J connectivity index is 1.78. The summed E-state index contributed by atoms with van der Waals surface area (Å²) in [6.07, 6.45) is 0. The number of primary amides is 1. The molecule has 4 aromatic rings. The SMILES string of the molecule is COc1ccc(CNc2nc(C(C)C(N)=O)nc3sc4ccccc4c23)cc1Cl. The monoisotopic (exact) mass is 426 g/mol. The molecule has 0 aliphatic rings. The van der Waals surface area contributed by atoms with Gasteiger partial charge in [-0.1, -0.05) is 35.9 Å². The van der Waals surface area contributed by atoms with Gasteiger partial charge in [-0.15, -0.1) is 11.3 Å². The number of amides is 1. The van der Waals surface area contributed by atoms with Crippen molar-refractivity contribution in [2.24, 2.45) is 5.73 Å². The van der Waals surface area contributed by atoms with Crippen molar-refractivity contribution in [3.8, 4) is 5.75 Å². The molecule has 3 N–H and O–H groups in total. The van der Waals surface area contributed by atoms with E-state index in [-0.39, 0.29) is 0 Å². The average molecular weight is 427 g/mol. The van der Waals surface area contributed by atoms with E-state index in [0.29, 0.717) is 29.0 Å². The predicted molar refractivity (Wildman–Crippen MR) is 118 cm³/mol. The van der Waals surface area contributed by atoms with Crippen molar-refractivity contribution < 1.29 is 9.53 Å². The van der Waals surface area contributed by atoms with E-state index >= 15 is 0 Å². The molecule has 148 valence electrons. The van der Waals surface area contributed by atoms with Crippen LogP contribution in [0.5, 0.6) is 5.75 Å². The van der Waals surface area contributed by atoms with Gasteiger partial charge in [-0.05, 0) is 30.7 Å². The lowest BCUT2D eigenvalue weighted by molar-refractivity contribution is -0.119. The minimum Gasteiger partial charge on any atom is -0.495 e. The zero-order chi connectivity index (χ0) is 20.5. The molecule has 0 fully saturated rings. The number of nitrogens with zero attached hydrogens (tertiary/aromatic N) is 2. The van der Waals surface area contributed by atoms with Crippen molar-refractivity contribution in [2.75, 3.05) is 12.4 Å². The predicted octanol–water partition coefficient (Wildman–Crippen LogP) is 4.71. The summed E-state index contributed by atoms with van der Waals surface area (Å²) in [5.41, 5.74) is 6.46. The van der Waals surface area contributed by atoms with Gasteiger partial charge in [-0.25, -0.2) is 9.97 Å². The summed E-state index contributed by atoms with van der Waals surface area (Å²) in [7, 11) is 1.58. The van der Waals surface area contributed by atoms with Crippen LogP contribution in [0.25, 0.3) is 20.3 Å². The maximum atomic E-state index is 11.7. The maximum Gasteiger partial charge on any atom is 0.227 e. The lowest BCUT2D eigenvalue weighted by Gasteiger charge is -2.12. The fraction of sp³-hybridized carbons (Fsp3) is 0.190. The number of rotatable bonds is 6. The number of nitrogens with two attached hydrogens (primary N) is 1. The summed E-state index contributed by atoms with van der Waals surface area (Å²) in [5.74, 6) is 0.662. The highest BCUT2D eigenvalue weighted by Gasteiger charge is 2.20. The molecule has 0 aliphatic carbocycles. The summed E-state index contributed by atoms with van der Waals surface area (Å²) in [6, 6.07) is 13.7. The molecular weight excluding hydrogens is 408 g/mol. The van der Waals surface area contributed by atoms with Gasteiger partial charge in [-0.2, -0.15) is 0 Å². The Labute approximate surface area is 176 Å². The Morgan fingerprint density at radius 2 is 2.07 bits per heavy atom. The van der Waals surface area contributed by atoms with E-state index in [1.165, 1.54) is 0 Å². The Bertz CT molecular complexity index is 1220. The van der Waals surface area contributed by atoms with E-state index in [0.717, 1.165) is 25.9 Å². The number of aromatic nitrogens is 2. The quantitative estimate of drug-likeness (QED) is 0.466. The number of anilines is 1. The molecule has 6 nitrogen and oxygen atoms in total. The number of hydrogen-bond donors (Lipinski definition) is 2. The molecule has 8 heteroatoms. The summed E-state index contributed by atoms with van der Waals surface area (Å²) >= 11 is 7.81. The molecule has 0 saturated carbocycles. The number of methoxy groups -OCH3 is 1. The van der Waals surface area contributed by atoms with Crippen molar-refractivity contribution in [3.63, 3.8) is 0 Å². The molecular formula is C21H19ClN4O2S. The van der Waals surface area contributed by atoms with Gasteiger partial charge in [0.25, 0.3) is 0 Å². The lowest BCUT2D eigenvalue weighted by Crippen LogP contribution is -2.21. The minimum absolute atomic E-state index is 0.409. The van der Waals surface area contributed by atoms with Gasteiger partial charge in [0.05, 0.1) is 23.4 Å². The van der Waals surface area contributed by atoms with E-state index in [4.69, 9.17) is 22.1 Å². The van der Waals surface area contributed by atoms with Crippen LogP contribution in [-0.4, -0.2) is 23.0 Å². The molecule has 1 unspecified atom stereocenters. The first-order valence-electron chi connectivity index (χ1n) is 9.02. The number of thiophene rings is 1. The van der Waals surface area contributed by atoms with Crippen LogP contribution < -0.4 is 15.8 Å². The lowest BCUT2D eigenvalue weighted by atomic mass is 10.1. The molecule has 2 heterocycles. The molecule has 29 heavy (non-hydrogen) atoms. The van der Waals surface area contributed by atoms with Crippen LogP contribution >= 0.6 is 22.9 Å². The minimum atomic E-state index is -0.583. The van der Waals surface area contributed by atoms with Gasteiger partial charge >= 0.3 is 0 Å². The van der Waals surface area contributed by atoms with E-state index in [1.807, 2.05) is 42.5 Å². The van der Waals surface area contributed by atoms with Gasteiger partial charge in [0, 0.05) is 16.6 Å². The number of nitrogens with one attached hydrogen (secondary N) is 1. The van der Waals surface area contributed by atoms with E-state index < -0.39 is 11.8 Å². The van der Waals surface area contributed by atoms with Crippen LogP contribution in [0.15, 0.2) is 42.5 Å². The molecule has 0 spiro atoms. The molecule has 4 rings (SSSR count). The highest BCUT2D eigenvalue weighted by atomic mass is 35.5. The van der Waals surface area contributed by atoms with E-state index in [9.17, 15) is 4.79 Å². The summed E-state index contributed by atoms with van der Waals surface area (Å²) < 4.78 is 6.31. The molecule has 2 aromatic heterocycles. The van der Waals surface area contributed by atoms with Crippen molar-refractivity contribution >= 4 is 55.0 Å². The highest BCUT2D eigenvalue weighted by Crippen LogP contribution is 2.37. The van der Waals surface area contributed by atoms with E-state index in [1.54, 1.807) is 25.4 Å². The second kappa shape index (κ2) is 7.85. The number of carbonyl (C=O) groups excluding carboxylic acids is 1. The van der Waals surface area contributed by atoms with Crippen LogP contribution in [0.4, 0.5) is 5.82 Å². The zero-order valence-corrected chi connectivity index (χ0v) is 17.5. The summed E-state index contributed by atoms with van der Waals surface area (Å²) in [5, 5.41) is 5.94. The second-order valence-corrected chi connectivity index (χ2v) is 8.09. The average Bonchev–Trinajstić information content (AvgIpc) is 3.10. The second-order valence-electron chi connectivity index (χ2n) is 6.66. The van der Waals surface area contributed by atoms with E-state index in [2.05, 4.69) is 15.3 Å². The fourth-order valence-corrected chi connectivity index (χ4v) is 4.46. The third kappa shape index (κ3) is 3.71. The largest absolute Gasteiger partial charge is 0.495 e. The van der Waals surface area contributed by atoms with Crippen LogP contribution in [0.3, 0.4) is 0 Å². The van der Waals surface area contributed by atoms with Gasteiger partial charge in [0.2, 0.25) is 5.91 Å². The molecule has 0 bridgehead atoms. The normalized spacial score (nSPS) is 12.2. The van der Waals surface area contributed by atoms with Gasteiger partial charge < -0.3 is 15.8 Å². The summed E-state index contributed by atoms with van der Waals surface area (Å²) in [4.78, 5) is 21.8. The van der Waals surface area contributed by atoms with Gasteiger partial charge in [0.1, 0.15) is 22.2 Å². The molecule has 2 aromatic carbocycles. The number of ether oxygens (including phenoxy) is 1. The molecule has 1 amide bonds. The first-order chi connectivity index (χ1) is 14.0. The van der Waals surface area contributed by atoms with Gasteiger partial charge in [-0.3, -0.25) is 4.79 Å². The Morgan fingerprint density at radius 1 is 1.28 bits per heavy atom. The number of fused-ring (bicyclic) bond motifs is 3.